The molecule has 0 aromatic carbocycles. The predicted octanol–water partition coefficient (Wildman–Crippen LogP) is -1.64. The summed E-state index contributed by atoms with van der Waals surface area (Å²) >= 11 is 1.08. The molecule has 0 aliphatic carbocycles. The summed E-state index contributed by atoms with van der Waals surface area (Å²) in [5.74, 6) is -3.43. The van der Waals surface area contributed by atoms with Gasteiger partial charge in [-0.25, -0.2) is 9.59 Å². The third-order valence-electron chi connectivity index (χ3n) is 4.46. The molecule has 0 spiro atoms. The van der Waals surface area contributed by atoms with Crippen molar-refractivity contribution in [2.75, 3.05) is 25.7 Å². The number of hydrogen-bond acceptors (Lipinski definition) is 12. The molecule has 2 aliphatic heterocycles. The number of fused-ring (bicyclic) bond motifs is 1. The van der Waals surface area contributed by atoms with Gasteiger partial charge < -0.3 is 34.3 Å². The van der Waals surface area contributed by atoms with E-state index in [2.05, 4.69) is 19.4 Å². The average molecular weight is 506 g/mol. The van der Waals surface area contributed by atoms with E-state index in [1.165, 1.54) is 7.11 Å². The molecule has 3 rings (SSSR count). The Kier molecular flexibility index (Phi) is 6.57. The fourth-order valence-corrected chi connectivity index (χ4v) is 5.00. The van der Waals surface area contributed by atoms with Crippen molar-refractivity contribution in [1.82, 2.24) is 15.4 Å². The van der Waals surface area contributed by atoms with E-state index >= 15 is 0 Å². The zero-order valence-electron chi connectivity index (χ0n) is 17.1. The van der Waals surface area contributed by atoms with Crippen molar-refractivity contribution >= 4 is 45.8 Å². The van der Waals surface area contributed by atoms with Crippen LogP contribution in [0.1, 0.15) is 5.76 Å². The highest BCUT2D eigenvalue weighted by Crippen LogP contribution is 2.46. The highest BCUT2D eigenvalue weighted by molar-refractivity contribution is 8.00. The van der Waals surface area contributed by atoms with Gasteiger partial charge in [0.1, 0.15) is 23.4 Å². The number of nitrogens with one attached hydrogen (secondary N) is 1. The summed E-state index contributed by atoms with van der Waals surface area (Å²) in [5, 5.41) is 14.4. The van der Waals surface area contributed by atoms with Crippen LogP contribution in [0.5, 0.6) is 5.88 Å². The van der Waals surface area contributed by atoms with Gasteiger partial charge >= 0.3 is 22.2 Å². The number of carbonyl (C=O) groups is 4. The number of β-lactam (4-membered cyclic amide) rings is 1. The van der Waals surface area contributed by atoms with E-state index in [0.717, 1.165) is 29.0 Å². The van der Waals surface area contributed by atoms with Crippen LogP contribution < -0.4 is 15.2 Å². The topological polar surface area (TPSA) is 218 Å². The first-order valence-electron chi connectivity index (χ1n) is 8.92. The van der Waals surface area contributed by atoms with E-state index in [9.17, 15) is 32.7 Å². The molecule has 0 saturated carbocycles. The Hall–Kier alpha value is -3.31. The van der Waals surface area contributed by atoms with Crippen LogP contribution in [-0.4, -0.2) is 84.3 Å². The van der Waals surface area contributed by atoms with Gasteiger partial charge in [-0.3, -0.25) is 14.5 Å². The number of nitrogens with zero attached hydrogens (tertiary/aromatic N) is 2. The fourth-order valence-electron chi connectivity index (χ4n) is 3.19. The van der Waals surface area contributed by atoms with Gasteiger partial charge in [0.25, 0.3) is 17.5 Å². The second-order valence-electron chi connectivity index (χ2n) is 6.79. The van der Waals surface area contributed by atoms with Crippen LogP contribution in [-0.2, 0) is 40.4 Å². The first kappa shape index (κ1) is 24.3. The number of primary amides is 1. The third-order valence-corrected chi connectivity index (χ3v) is 6.30. The average Bonchev–Trinajstić information content (AvgIpc) is 3.13. The number of ether oxygens (including phenoxy) is 2. The lowest BCUT2D eigenvalue weighted by molar-refractivity contribution is -0.192. The van der Waals surface area contributed by atoms with Crippen molar-refractivity contribution < 1.29 is 50.9 Å². The third kappa shape index (κ3) is 4.88. The second-order valence-corrected chi connectivity index (χ2v) is 9.43. The molecule has 2 aliphatic rings. The van der Waals surface area contributed by atoms with Gasteiger partial charge in [0, 0.05) is 24.5 Å². The lowest BCUT2D eigenvalue weighted by atomic mass is 9.98. The van der Waals surface area contributed by atoms with Gasteiger partial charge in [-0.2, -0.15) is 8.42 Å². The molecular weight excluding hydrogens is 488 g/mol. The highest BCUT2D eigenvalue weighted by atomic mass is 32.2. The molecule has 0 unspecified atom stereocenters. The summed E-state index contributed by atoms with van der Waals surface area (Å²) in [6.45, 7) is -0.420. The molecule has 0 radical (unpaired) electrons. The Bertz CT molecular complexity index is 1150. The monoisotopic (exact) mass is 506 g/mol. The first-order chi connectivity index (χ1) is 15.4. The van der Waals surface area contributed by atoms with Gasteiger partial charge in [-0.1, -0.05) is 0 Å². The molecule has 2 atom stereocenters. The predicted molar refractivity (Wildman–Crippen MR) is 107 cm³/mol. The van der Waals surface area contributed by atoms with Gasteiger partial charge in [0.15, 0.2) is 0 Å². The van der Waals surface area contributed by atoms with E-state index in [0.29, 0.717) is 0 Å². The second kappa shape index (κ2) is 8.91. The van der Waals surface area contributed by atoms with E-state index < -0.39 is 63.8 Å². The number of carbonyl (C=O) groups excluding carboxylic acids is 3. The first-order valence-corrected chi connectivity index (χ1v) is 11.8. The zero-order chi connectivity index (χ0) is 24.6. The maximum absolute atomic E-state index is 12.9. The Morgan fingerprint density at radius 1 is 1.45 bits per heavy atom. The Morgan fingerprint density at radius 2 is 2.15 bits per heavy atom. The maximum atomic E-state index is 12.9. The number of aromatic nitrogens is 1. The molecule has 1 aromatic rings. The molecule has 3 heterocycles. The number of thioether (sulfide) groups is 1. The molecule has 15 nitrogen and oxygen atoms in total. The van der Waals surface area contributed by atoms with Crippen molar-refractivity contribution in [3.63, 3.8) is 0 Å². The molecule has 1 saturated heterocycles. The van der Waals surface area contributed by atoms with E-state index in [-0.39, 0.29) is 23.0 Å². The molecule has 180 valence electrons. The minimum atomic E-state index is -3.85. The minimum Gasteiger partial charge on any atom is -0.477 e. The van der Waals surface area contributed by atoms with Crippen LogP contribution >= 0.6 is 11.8 Å². The number of methoxy groups -OCH3 is 1. The van der Waals surface area contributed by atoms with Crippen LogP contribution in [0.4, 0.5) is 4.79 Å². The normalized spacial score (nSPS) is 22.3. The number of amides is 3. The van der Waals surface area contributed by atoms with Gasteiger partial charge in [-0.05, 0) is 5.16 Å². The quantitative estimate of drug-likeness (QED) is 0.195. The molecule has 17 heteroatoms. The van der Waals surface area contributed by atoms with Crippen LogP contribution in [0.25, 0.3) is 0 Å². The molecule has 1 fully saturated rings. The maximum Gasteiger partial charge on any atom is 0.404 e. The van der Waals surface area contributed by atoms with Crippen molar-refractivity contribution in [3.8, 4) is 5.88 Å². The molecule has 3 amide bonds. The van der Waals surface area contributed by atoms with Crippen molar-refractivity contribution in [2.24, 2.45) is 5.73 Å². The zero-order valence-corrected chi connectivity index (χ0v) is 18.7. The fraction of sp³-hybridized carbons (Fsp3) is 0.438. The summed E-state index contributed by atoms with van der Waals surface area (Å²) < 4.78 is 41.6. The lowest BCUT2D eigenvalue weighted by Crippen LogP contribution is -2.80. The van der Waals surface area contributed by atoms with E-state index in [1.807, 2.05) is 0 Å². The molecule has 33 heavy (non-hydrogen) atoms. The number of carboxylic acids is 1. The largest absolute Gasteiger partial charge is 0.477 e. The van der Waals surface area contributed by atoms with E-state index in [4.69, 9.17) is 15.0 Å². The molecule has 0 bridgehead atoms. The minimum absolute atomic E-state index is 0.0542. The number of aliphatic carboxylic acids is 1. The van der Waals surface area contributed by atoms with Crippen LogP contribution in [0, 0.1) is 0 Å². The number of nitrogens with two attached hydrogens (primary N) is 1. The number of carboxylic acid groups (broad SMARTS) is 1. The Balaban J connectivity index is 1.75. The van der Waals surface area contributed by atoms with Crippen LogP contribution in [0.2, 0.25) is 0 Å². The van der Waals surface area contributed by atoms with Crippen molar-refractivity contribution in [2.45, 2.75) is 17.5 Å². The SMILES string of the molecule is CO[C@@]1(NC(=O)Cc2cc(OS(C)(=O)=O)no2)C(=O)N2C(C(=O)O)=C(COC(N)=O)CS[C@H]21. The summed E-state index contributed by atoms with van der Waals surface area (Å²) in [6.07, 6.45) is -0.752. The summed E-state index contributed by atoms with van der Waals surface area (Å²) in [5.41, 5.74) is 2.79. The molecule has 1 aromatic heterocycles. The summed E-state index contributed by atoms with van der Waals surface area (Å²) in [6, 6.07) is 1.08. The van der Waals surface area contributed by atoms with Crippen molar-refractivity contribution in [3.05, 3.63) is 23.1 Å². The molecule has 4 N–H and O–H groups in total. The standard InChI is InChI=1S/C16H18N4O11S2/c1-28-16(18-9(21)3-8-4-10(19-30-8)31-33(2,26)27)13(24)20-11(12(22)23)7(5-29-15(17)25)6-32-14(16)20/h4,14H,3,5-6H2,1-2H3,(H2,17,25)(H,18,21)(H,22,23)/t14-,16-/m0/s1. The van der Waals surface area contributed by atoms with Crippen LogP contribution in [0.3, 0.4) is 0 Å². The summed E-state index contributed by atoms with van der Waals surface area (Å²) in [4.78, 5) is 49.0. The van der Waals surface area contributed by atoms with Gasteiger partial charge in [0.05, 0.1) is 12.7 Å². The van der Waals surface area contributed by atoms with Gasteiger partial charge in [0.2, 0.25) is 5.91 Å². The Morgan fingerprint density at radius 3 is 2.73 bits per heavy atom. The smallest absolute Gasteiger partial charge is 0.404 e. The molecular formula is C16H18N4O11S2. The highest BCUT2D eigenvalue weighted by Gasteiger charge is 2.66. The van der Waals surface area contributed by atoms with Crippen LogP contribution in [0.15, 0.2) is 21.9 Å². The lowest BCUT2D eigenvalue weighted by Gasteiger charge is -2.55. The number of rotatable bonds is 9. The summed E-state index contributed by atoms with van der Waals surface area (Å²) in [7, 11) is -2.68. The number of hydrogen-bond donors (Lipinski definition) is 3. The Labute approximate surface area is 190 Å². The van der Waals surface area contributed by atoms with E-state index in [1.54, 1.807) is 0 Å². The van der Waals surface area contributed by atoms with Crippen molar-refractivity contribution in [1.29, 1.82) is 0 Å². The van der Waals surface area contributed by atoms with Gasteiger partial charge in [-0.15, -0.1) is 11.8 Å².